The third-order valence-electron chi connectivity index (χ3n) is 4.26. The van der Waals surface area contributed by atoms with E-state index in [1.807, 2.05) is 7.05 Å². The third-order valence-corrected chi connectivity index (χ3v) is 4.26. The second-order valence-corrected chi connectivity index (χ2v) is 5.90. The molecule has 23 heavy (non-hydrogen) atoms. The van der Waals surface area contributed by atoms with Crippen molar-refractivity contribution in [3.63, 3.8) is 0 Å². The highest BCUT2D eigenvalue weighted by atomic mass is 16.5. The van der Waals surface area contributed by atoms with Crippen molar-refractivity contribution in [1.29, 1.82) is 0 Å². The van der Waals surface area contributed by atoms with Crippen LogP contribution >= 0.6 is 0 Å². The summed E-state index contributed by atoms with van der Waals surface area (Å²) in [7, 11) is 1.82. The highest BCUT2D eigenvalue weighted by molar-refractivity contribution is 5.80. The summed E-state index contributed by atoms with van der Waals surface area (Å²) in [4.78, 5) is 4.32. The maximum Gasteiger partial charge on any atom is 0.191 e. The van der Waals surface area contributed by atoms with E-state index in [4.69, 9.17) is 4.74 Å². The molecule has 1 atom stereocenters. The smallest absolute Gasteiger partial charge is 0.191 e. The molecule has 0 amide bonds. The average Bonchev–Trinajstić information content (AvgIpc) is 2.61. The maximum atomic E-state index is 5.33. The van der Waals surface area contributed by atoms with Crippen molar-refractivity contribution in [2.24, 2.45) is 4.99 Å². The van der Waals surface area contributed by atoms with Crippen LogP contribution in [0.5, 0.6) is 0 Å². The van der Waals surface area contributed by atoms with Gasteiger partial charge in [0, 0.05) is 13.6 Å². The average molecular weight is 315 g/mol. The zero-order chi connectivity index (χ0) is 16.5. The van der Waals surface area contributed by atoms with Crippen molar-refractivity contribution in [2.45, 2.75) is 39.2 Å². The van der Waals surface area contributed by atoms with Gasteiger partial charge in [-0.05, 0) is 37.3 Å². The van der Waals surface area contributed by atoms with Crippen molar-refractivity contribution < 1.29 is 4.74 Å². The summed E-state index contributed by atoms with van der Waals surface area (Å²) in [5.41, 5.74) is 4.12. The summed E-state index contributed by atoms with van der Waals surface area (Å²) in [6, 6.07) is 9.00. The molecule has 126 valence electrons. The molecule has 0 aliphatic carbocycles. The predicted molar refractivity (Wildman–Crippen MR) is 96.9 cm³/mol. The fourth-order valence-electron chi connectivity index (χ4n) is 2.66. The number of hydrogen-bond acceptors (Lipinski definition) is 2. The summed E-state index contributed by atoms with van der Waals surface area (Å²) in [6.07, 6.45) is 5.36. The Morgan fingerprint density at radius 3 is 2.70 bits per heavy atom. The zero-order valence-corrected chi connectivity index (χ0v) is 14.6. The van der Waals surface area contributed by atoms with E-state index < -0.39 is 0 Å². The van der Waals surface area contributed by atoms with E-state index in [0.29, 0.717) is 0 Å². The van der Waals surface area contributed by atoms with Gasteiger partial charge in [-0.3, -0.25) is 4.99 Å². The highest BCUT2D eigenvalue weighted by Gasteiger charge is 2.08. The Hall–Kier alpha value is -1.81. The molecular weight excluding hydrogens is 286 g/mol. The topological polar surface area (TPSA) is 45.7 Å². The summed E-state index contributed by atoms with van der Waals surface area (Å²) >= 11 is 0. The minimum Gasteiger partial charge on any atom is -0.377 e. The van der Waals surface area contributed by atoms with Gasteiger partial charge in [-0.2, -0.15) is 0 Å². The van der Waals surface area contributed by atoms with Crippen LogP contribution in [0.25, 0.3) is 0 Å². The number of guanidine groups is 1. The van der Waals surface area contributed by atoms with Crippen LogP contribution in [0, 0.1) is 0 Å². The number of rotatable bonds is 6. The van der Waals surface area contributed by atoms with Crippen LogP contribution in [0.4, 0.5) is 0 Å². The van der Waals surface area contributed by atoms with Gasteiger partial charge in [-0.15, -0.1) is 0 Å². The lowest BCUT2D eigenvalue weighted by atomic mass is 10.1. The van der Waals surface area contributed by atoms with E-state index in [1.165, 1.54) is 16.7 Å². The second kappa shape index (κ2) is 9.36. The Morgan fingerprint density at radius 1 is 1.30 bits per heavy atom. The Morgan fingerprint density at radius 2 is 2.09 bits per heavy atom. The van der Waals surface area contributed by atoms with Crippen molar-refractivity contribution in [3.8, 4) is 0 Å². The monoisotopic (exact) mass is 315 g/mol. The van der Waals surface area contributed by atoms with E-state index in [0.717, 1.165) is 45.0 Å². The van der Waals surface area contributed by atoms with Gasteiger partial charge < -0.3 is 15.4 Å². The van der Waals surface area contributed by atoms with Crippen LogP contribution in [-0.4, -0.2) is 32.8 Å². The standard InChI is InChI=1S/C19H29N3O/c1-4-16-5-7-18(8-6-16)15(2)22-19(20-3)21-12-9-17-10-13-23-14-11-17/h5-8,10,15H,4,9,11-14H2,1-3H3,(H2,20,21,22). The molecule has 0 bridgehead atoms. The van der Waals surface area contributed by atoms with Crippen LogP contribution in [0.3, 0.4) is 0 Å². The Balaban J connectivity index is 1.79. The molecule has 0 spiro atoms. The molecule has 0 fully saturated rings. The van der Waals surface area contributed by atoms with Crippen LogP contribution in [0.2, 0.25) is 0 Å². The zero-order valence-electron chi connectivity index (χ0n) is 14.6. The molecule has 2 rings (SSSR count). The summed E-state index contributed by atoms with van der Waals surface area (Å²) in [5.74, 6) is 0.852. The van der Waals surface area contributed by atoms with Gasteiger partial charge in [-0.25, -0.2) is 0 Å². The van der Waals surface area contributed by atoms with Crippen LogP contribution in [-0.2, 0) is 11.2 Å². The first-order valence-electron chi connectivity index (χ1n) is 8.54. The normalized spacial score (nSPS) is 16.7. The van der Waals surface area contributed by atoms with Gasteiger partial charge in [0.2, 0.25) is 0 Å². The number of ether oxygens (including phenoxy) is 1. The van der Waals surface area contributed by atoms with Crippen molar-refractivity contribution in [3.05, 3.63) is 47.0 Å². The van der Waals surface area contributed by atoms with E-state index in [1.54, 1.807) is 0 Å². The minimum atomic E-state index is 0.231. The summed E-state index contributed by atoms with van der Waals surface area (Å²) in [5, 5.41) is 6.85. The molecule has 0 radical (unpaired) electrons. The molecule has 0 saturated heterocycles. The van der Waals surface area contributed by atoms with Crippen LogP contribution < -0.4 is 10.6 Å². The second-order valence-electron chi connectivity index (χ2n) is 5.90. The lowest BCUT2D eigenvalue weighted by Gasteiger charge is -2.19. The van der Waals surface area contributed by atoms with E-state index in [9.17, 15) is 0 Å². The Labute approximate surface area is 140 Å². The van der Waals surface area contributed by atoms with Crippen LogP contribution in [0.1, 0.15) is 43.9 Å². The van der Waals surface area contributed by atoms with E-state index in [-0.39, 0.29) is 6.04 Å². The van der Waals surface area contributed by atoms with Crippen LogP contribution in [0.15, 0.2) is 40.9 Å². The predicted octanol–water partition coefficient (Wildman–Crippen LogP) is 3.21. The van der Waals surface area contributed by atoms with Crippen molar-refractivity contribution in [1.82, 2.24) is 10.6 Å². The molecule has 0 aromatic heterocycles. The molecule has 0 saturated carbocycles. The fourth-order valence-corrected chi connectivity index (χ4v) is 2.66. The molecule has 1 aliphatic rings. The first-order valence-corrected chi connectivity index (χ1v) is 8.54. The molecule has 1 unspecified atom stereocenters. The quantitative estimate of drug-likeness (QED) is 0.481. The van der Waals surface area contributed by atoms with Gasteiger partial charge in [0.15, 0.2) is 5.96 Å². The maximum absolute atomic E-state index is 5.33. The number of benzene rings is 1. The molecule has 4 heteroatoms. The lowest BCUT2D eigenvalue weighted by Crippen LogP contribution is -2.39. The molecule has 2 N–H and O–H groups in total. The molecule has 4 nitrogen and oxygen atoms in total. The number of aliphatic imine (C=N–C) groups is 1. The first-order chi connectivity index (χ1) is 11.2. The molecule has 1 aromatic carbocycles. The molecule has 1 aliphatic heterocycles. The van der Waals surface area contributed by atoms with Gasteiger partial charge in [0.05, 0.1) is 19.3 Å². The molecule has 1 heterocycles. The van der Waals surface area contributed by atoms with E-state index in [2.05, 4.69) is 59.8 Å². The lowest BCUT2D eigenvalue weighted by molar-refractivity contribution is 0.153. The highest BCUT2D eigenvalue weighted by Crippen LogP contribution is 2.14. The molecule has 1 aromatic rings. The van der Waals surface area contributed by atoms with Crippen molar-refractivity contribution >= 4 is 5.96 Å². The summed E-state index contributed by atoms with van der Waals surface area (Å²) in [6.45, 7) is 6.84. The van der Waals surface area contributed by atoms with Gasteiger partial charge in [0.1, 0.15) is 0 Å². The van der Waals surface area contributed by atoms with Gasteiger partial charge >= 0.3 is 0 Å². The summed E-state index contributed by atoms with van der Waals surface area (Å²) < 4.78 is 5.33. The SMILES string of the molecule is CCc1ccc(C(C)NC(=NC)NCCC2=CCOCC2)cc1. The van der Waals surface area contributed by atoms with E-state index >= 15 is 0 Å². The minimum absolute atomic E-state index is 0.231. The Kier molecular flexibility index (Phi) is 7.14. The third kappa shape index (κ3) is 5.71. The van der Waals surface area contributed by atoms with Gasteiger partial charge in [0.25, 0.3) is 0 Å². The number of nitrogens with zero attached hydrogens (tertiary/aromatic N) is 1. The number of hydrogen-bond donors (Lipinski definition) is 2. The number of aryl methyl sites for hydroxylation is 1. The molecular formula is C19H29N3O. The largest absolute Gasteiger partial charge is 0.377 e. The first kappa shape index (κ1) is 17.5. The Bertz CT molecular complexity index is 534. The van der Waals surface area contributed by atoms with Crippen molar-refractivity contribution in [2.75, 3.05) is 26.8 Å². The number of nitrogens with one attached hydrogen (secondary N) is 2. The van der Waals surface area contributed by atoms with Gasteiger partial charge in [-0.1, -0.05) is 42.8 Å². The fraction of sp³-hybridized carbons (Fsp3) is 0.526.